The summed E-state index contributed by atoms with van der Waals surface area (Å²) >= 11 is 10.8. The van der Waals surface area contributed by atoms with Gasteiger partial charge in [0.05, 0.1) is 6.61 Å². The Labute approximate surface area is 141 Å². The van der Waals surface area contributed by atoms with Crippen molar-refractivity contribution in [1.82, 2.24) is 0 Å². The van der Waals surface area contributed by atoms with Crippen LogP contribution in [-0.2, 0) is 0 Å². The van der Waals surface area contributed by atoms with Crippen LogP contribution in [0.25, 0.3) is 0 Å². The number of hydrogen-bond donors (Lipinski definition) is 0. The highest BCUT2D eigenvalue weighted by molar-refractivity contribution is 9.10. The molecule has 0 saturated carbocycles. The Balaban J connectivity index is 2.52. The molecular weight excluding hydrogens is 436 g/mol. The lowest BCUT2D eigenvalue weighted by Crippen LogP contribution is -2.29. The first-order chi connectivity index (χ1) is 9.01. The summed E-state index contributed by atoms with van der Waals surface area (Å²) in [5, 5.41) is 2.01. The molecule has 0 heterocycles. The van der Waals surface area contributed by atoms with E-state index >= 15 is 0 Å². The molecule has 108 valence electrons. The number of hydrogen-bond acceptors (Lipinski definition) is 1. The van der Waals surface area contributed by atoms with Crippen LogP contribution in [-0.4, -0.2) is 17.3 Å². The molecule has 0 N–H and O–H groups in total. The van der Waals surface area contributed by atoms with Crippen molar-refractivity contribution in [3.63, 3.8) is 0 Å². The highest BCUT2D eigenvalue weighted by Gasteiger charge is 2.28. The summed E-state index contributed by atoms with van der Waals surface area (Å²) in [4.78, 5) is 0. The fourth-order valence-corrected chi connectivity index (χ4v) is 4.51. The van der Waals surface area contributed by atoms with Crippen LogP contribution in [0.1, 0.15) is 26.7 Å². The number of benzene rings is 1. The first kappa shape index (κ1) is 17.5. The molecule has 0 aliphatic rings. The lowest BCUT2D eigenvalue weighted by Gasteiger charge is -2.31. The van der Waals surface area contributed by atoms with Gasteiger partial charge in [-0.25, -0.2) is 0 Å². The first-order valence-electron chi connectivity index (χ1n) is 6.51. The molecule has 0 aliphatic heterocycles. The van der Waals surface area contributed by atoms with Crippen LogP contribution in [0.5, 0.6) is 5.75 Å². The lowest BCUT2D eigenvalue weighted by atomic mass is 9.81. The van der Waals surface area contributed by atoms with E-state index in [2.05, 4.69) is 61.6 Å². The van der Waals surface area contributed by atoms with Crippen LogP contribution in [0.4, 0.5) is 0 Å². The fourth-order valence-electron chi connectivity index (χ4n) is 2.19. The Morgan fingerprint density at radius 2 is 1.89 bits per heavy atom. The van der Waals surface area contributed by atoms with E-state index < -0.39 is 0 Å². The average molecular weight is 457 g/mol. The highest BCUT2D eigenvalue weighted by Crippen LogP contribution is 2.35. The SMILES string of the molecule is CC(C)CC(CBr)(CBr)CCOc1cccc(Br)c1. The van der Waals surface area contributed by atoms with Crippen molar-refractivity contribution >= 4 is 47.8 Å². The second-order valence-electron chi connectivity index (χ2n) is 5.42. The van der Waals surface area contributed by atoms with Crippen LogP contribution in [0.15, 0.2) is 28.7 Å². The Bertz CT molecular complexity index is 375. The van der Waals surface area contributed by atoms with Gasteiger partial charge in [-0.15, -0.1) is 0 Å². The van der Waals surface area contributed by atoms with Gasteiger partial charge in [0, 0.05) is 15.1 Å². The van der Waals surface area contributed by atoms with Crippen molar-refractivity contribution in [3.8, 4) is 5.75 Å². The molecule has 0 radical (unpaired) electrons. The second-order valence-corrected chi connectivity index (χ2v) is 7.46. The van der Waals surface area contributed by atoms with Crippen LogP contribution in [0.3, 0.4) is 0 Å². The van der Waals surface area contributed by atoms with Crippen LogP contribution >= 0.6 is 47.8 Å². The van der Waals surface area contributed by atoms with Crippen LogP contribution in [0.2, 0.25) is 0 Å². The molecule has 0 unspecified atom stereocenters. The molecule has 1 aromatic carbocycles. The van der Waals surface area contributed by atoms with E-state index in [0.717, 1.165) is 33.9 Å². The molecule has 1 rings (SSSR count). The number of rotatable bonds is 8. The summed E-state index contributed by atoms with van der Waals surface area (Å²) in [5.41, 5.74) is 0.278. The number of halogens is 3. The Morgan fingerprint density at radius 3 is 2.42 bits per heavy atom. The van der Waals surface area contributed by atoms with Crippen molar-refractivity contribution in [2.75, 3.05) is 17.3 Å². The van der Waals surface area contributed by atoms with Crippen LogP contribution in [0, 0.1) is 11.3 Å². The molecule has 0 aromatic heterocycles. The van der Waals surface area contributed by atoms with Crippen molar-refractivity contribution in [2.45, 2.75) is 26.7 Å². The quantitative estimate of drug-likeness (QED) is 0.433. The second kappa shape index (κ2) is 8.68. The molecule has 1 aromatic rings. The Hall–Kier alpha value is 0.460. The fraction of sp³-hybridized carbons (Fsp3) is 0.600. The number of alkyl halides is 2. The van der Waals surface area contributed by atoms with E-state index in [-0.39, 0.29) is 5.41 Å². The Kier molecular flexibility index (Phi) is 8.00. The summed E-state index contributed by atoms with van der Waals surface area (Å²) in [6.07, 6.45) is 2.25. The lowest BCUT2D eigenvalue weighted by molar-refractivity contribution is 0.210. The van der Waals surface area contributed by atoms with E-state index in [4.69, 9.17) is 4.74 Å². The van der Waals surface area contributed by atoms with Gasteiger partial charge in [-0.1, -0.05) is 67.7 Å². The molecule has 0 bridgehead atoms. The number of ether oxygens (including phenoxy) is 1. The topological polar surface area (TPSA) is 9.23 Å². The first-order valence-corrected chi connectivity index (χ1v) is 9.55. The maximum absolute atomic E-state index is 5.86. The van der Waals surface area contributed by atoms with E-state index in [1.54, 1.807) is 0 Å². The predicted octanol–water partition coefficient (Wildman–Crippen LogP) is 6.04. The highest BCUT2D eigenvalue weighted by atomic mass is 79.9. The largest absolute Gasteiger partial charge is 0.494 e. The van der Waals surface area contributed by atoms with Gasteiger partial charge in [0.25, 0.3) is 0 Å². The Morgan fingerprint density at radius 1 is 1.21 bits per heavy atom. The molecule has 0 saturated heterocycles. The molecule has 1 nitrogen and oxygen atoms in total. The summed E-state index contributed by atoms with van der Waals surface area (Å²) in [5.74, 6) is 1.62. The molecule has 0 atom stereocenters. The third-order valence-corrected chi connectivity index (χ3v) is 5.98. The normalized spacial score (nSPS) is 11.9. The van der Waals surface area contributed by atoms with Gasteiger partial charge in [0.1, 0.15) is 5.75 Å². The summed E-state index contributed by atoms with van der Waals surface area (Å²) in [7, 11) is 0. The zero-order chi connectivity index (χ0) is 14.3. The summed E-state index contributed by atoms with van der Waals surface area (Å²) < 4.78 is 6.91. The molecule has 19 heavy (non-hydrogen) atoms. The molecule has 0 spiro atoms. The van der Waals surface area contributed by atoms with E-state index in [1.165, 1.54) is 6.42 Å². The van der Waals surface area contributed by atoms with Crippen LogP contribution < -0.4 is 4.74 Å². The van der Waals surface area contributed by atoms with Crippen molar-refractivity contribution in [3.05, 3.63) is 28.7 Å². The molecule has 0 fully saturated rings. The molecule has 0 amide bonds. The van der Waals surface area contributed by atoms with Crippen molar-refractivity contribution < 1.29 is 4.74 Å². The van der Waals surface area contributed by atoms with Crippen molar-refractivity contribution in [1.29, 1.82) is 0 Å². The van der Waals surface area contributed by atoms with Gasteiger partial charge in [0.15, 0.2) is 0 Å². The predicted molar refractivity (Wildman–Crippen MR) is 93.7 cm³/mol. The zero-order valence-corrected chi connectivity index (χ0v) is 16.2. The minimum Gasteiger partial charge on any atom is -0.494 e. The van der Waals surface area contributed by atoms with Gasteiger partial charge in [-0.3, -0.25) is 0 Å². The maximum atomic E-state index is 5.86. The third-order valence-electron chi connectivity index (χ3n) is 3.11. The minimum atomic E-state index is 0.278. The third kappa shape index (κ3) is 6.17. The molecular formula is C15H21Br3O. The van der Waals surface area contributed by atoms with E-state index in [0.29, 0.717) is 5.92 Å². The molecule has 0 aliphatic carbocycles. The maximum Gasteiger partial charge on any atom is 0.120 e. The van der Waals surface area contributed by atoms with Gasteiger partial charge in [0.2, 0.25) is 0 Å². The average Bonchev–Trinajstić information content (AvgIpc) is 2.37. The van der Waals surface area contributed by atoms with E-state index in [9.17, 15) is 0 Å². The van der Waals surface area contributed by atoms with Crippen molar-refractivity contribution in [2.24, 2.45) is 11.3 Å². The smallest absolute Gasteiger partial charge is 0.120 e. The van der Waals surface area contributed by atoms with Gasteiger partial charge in [-0.2, -0.15) is 0 Å². The summed E-state index contributed by atoms with van der Waals surface area (Å²) in [6, 6.07) is 8.01. The monoisotopic (exact) mass is 454 g/mol. The molecule has 4 heteroatoms. The van der Waals surface area contributed by atoms with Gasteiger partial charge in [-0.05, 0) is 42.4 Å². The van der Waals surface area contributed by atoms with E-state index in [1.807, 2.05) is 24.3 Å². The van der Waals surface area contributed by atoms with Gasteiger partial charge >= 0.3 is 0 Å². The summed E-state index contributed by atoms with van der Waals surface area (Å²) in [6.45, 7) is 5.30. The zero-order valence-electron chi connectivity index (χ0n) is 11.5. The van der Waals surface area contributed by atoms with Gasteiger partial charge < -0.3 is 4.74 Å². The standard InChI is InChI=1S/C15H21Br3O/c1-12(2)9-15(10-16,11-17)6-7-19-14-5-3-4-13(18)8-14/h3-5,8,12H,6-7,9-11H2,1-2H3. The minimum absolute atomic E-state index is 0.278.